The second-order valence-electron chi connectivity index (χ2n) is 5.55. The molecule has 0 aromatic carbocycles. The van der Waals surface area contributed by atoms with Gasteiger partial charge in [-0.25, -0.2) is 4.79 Å². The number of urea groups is 1. The molecule has 2 unspecified atom stereocenters. The number of unbranched alkanes of at least 4 members (excludes halogenated alkanes) is 2. The van der Waals surface area contributed by atoms with Crippen molar-refractivity contribution in [2.45, 2.75) is 51.7 Å². The third-order valence-electron chi connectivity index (χ3n) is 3.91. The Morgan fingerprint density at radius 1 is 1.19 bits per heavy atom. The fraction of sp³-hybridized carbons (Fsp3) is 0.786. The highest BCUT2D eigenvalue weighted by atomic mass is 16.2. The van der Waals surface area contributed by atoms with Gasteiger partial charge in [0.15, 0.2) is 12.0 Å². The molecule has 2 atom stereocenters. The minimum Gasteiger partial charge on any atom is -0.334 e. The van der Waals surface area contributed by atoms with E-state index in [1.54, 1.807) is 7.05 Å². The van der Waals surface area contributed by atoms with Crippen molar-refractivity contribution in [3.05, 3.63) is 0 Å². The highest BCUT2D eigenvalue weighted by molar-refractivity contribution is 6.04. The molecule has 0 radical (unpaired) electrons. The van der Waals surface area contributed by atoms with Crippen LogP contribution in [-0.2, 0) is 4.79 Å². The molecule has 2 heterocycles. The number of carbonyl (C=O) groups is 2. The highest BCUT2D eigenvalue weighted by Crippen LogP contribution is 2.21. The summed E-state index contributed by atoms with van der Waals surface area (Å²) in [5.41, 5.74) is 0. The van der Waals surface area contributed by atoms with Gasteiger partial charge in [-0.2, -0.15) is 0 Å². The first-order valence-electron chi connectivity index (χ1n) is 7.75. The summed E-state index contributed by atoms with van der Waals surface area (Å²) in [5.74, 6) is 0.494. The number of carbonyl (C=O) groups excluding carboxylic acids is 2. The number of guanidine groups is 1. The summed E-state index contributed by atoms with van der Waals surface area (Å²) < 4.78 is 0. The molecular formula is C14H25N5O2. The Balaban J connectivity index is 2.19. The number of hydrogen-bond acceptors (Lipinski definition) is 3. The van der Waals surface area contributed by atoms with Gasteiger partial charge in [-0.05, 0) is 12.8 Å². The van der Waals surface area contributed by atoms with Crippen LogP contribution < -0.4 is 10.6 Å². The van der Waals surface area contributed by atoms with E-state index in [0.717, 1.165) is 38.2 Å². The Kier molecular flexibility index (Phi) is 5.03. The minimum atomic E-state index is -0.389. The van der Waals surface area contributed by atoms with Crippen molar-refractivity contribution < 1.29 is 9.59 Å². The predicted octanol–water partition coefficient (Wildman–Crippen LogP) is 0.724. The summed E-state index contributed by atoms with van der Waals surface area (Å²) in [7, 11) is 1.69. The van der Waals surface area contributed by atoms with Gasteiger partial charge in [0.1, 0.15) is 6.17 Å². The molecule has 2 aliphatic heterocycles. The van der Waals surface area contributed by atoms with Crippen LogP contribution in [0.3, 0.4) is 0 Å². The Morgan fingerprint density at radius 3 is 2.62 bits per heavy atom. The molecule has 0 aromatic heterocycles. The van der Waals surface area contributed by atoms with Crippen LogP contribution in [0, 0.1) is 0 Å². The van der Waals surface area contributed by atoms with Crippen LogP contribution in [0.25, 0.3) is 0 Å². The van der Waals surface area contributed by atoms with E-state index in [1.165, 1.54) is 4.90 Å². The van der Waals surface area contributed by atoms with Crippen LogP contribution >= 0.6 is 0 Å². The summed E-state index contributed by atoms with van der Waals surface area (Å²) in [6.45, 7) is 5.71. The van der Waals surface area contributed by atoms with Crippen molar-refractivity contribution in [2.75, 3.05) is 20.1 Å². The highest BCUT2D eigenvalue weighted by Gasteiger charge is 2.49. The molecule has 118 valence electrons. The van der Waals surface area contributed by atoms with Gasteiger partial charge in [-0.3, -0.25) is 15.1 Å². The topological polar surface area (TPSA) is 77.0 Å². The maximum Gasteiger partial charge on any atom is 0.325 e. The average molecular weight is 295 g/mol. The standard InChI is InChI=1S/C14H25N5O2/c1-4-6-7-9-19-10-11(16-13(19)15-8-5-2)18(3)14(21)17-12(10)20/h10-11H,4-9H2,1-3H3,(H,15,16)(H,17,20,21). The van der Waals surface area contributed by atoms with Crippen LogP contribution in [0.1, 0.15) is 39.5 Å². The maximum absolute atomic E-state index is 12.2. The molecule has 2 rings (SSSR count). The lowest BCUT2D eigenvalue weighted by atomic mass is 10.1. The van der Waals surface area contributed by atoms with E-state index < -0.39 is 0 Å². The van der Waals surface area contributed by atoms with Crippen LogP contribution in [0.2, 0.25) is 0 Å². The fourth-order valence-corrected chi connectivity index (χ4v) is 2.71. The lowest BCUT2D eigenvalue weighted by Gasteiger charge is -2.35. The quantitative estimate of drug-likeness (QED) is 0.708. The number of rotatable bonds is 6. The molecular weight excluding hydrogens is 270 g/mol. The Morgan fingerprint density at radius 2 is 1.95 bits per heavy atom. The monoisotopic (exact) mass is 295 g/mol. The number of fused-ring (bicyclic) bond motifs is 1. The largest absolute Gasteiger partial charge is 0.334 e. The first-order chi connectivity index (χ1) is 10.1. The first-order valence-corrected chi connectivity index (χ1v) is 7.75. The van der Waals surface area contributed by atoms with Crippen molar-refractivity contribution in [2.24, 2.45) is 4.99 Å². The smallest absolute Gasteiger partial charge is 0.325 e. The summed E-state index contributed by atoms with van der Waals surface area (Å²) in [4.78, 5) is 32.0. The fourth-order valence-electron chi connectivity index (χ4n) is 2.71. The summed E-state index contributed by atoms with van der Waals surface area (Å²) in [5, 5.41) is 5.64. The minimum absolute atomic E-state index is 0.242. The molecule has 0 spiro atoms. The number of nitrogens with zero attached hydrogens (tertiary/aromatic N) is 3. The number of hydrogen-bond donors (Lipinski definition) is 2. The van der Waals surface area contributed by atoms with Crippen LogP contribution in [0.4, 0.5) is 4.79 Å². The second kappa shape index (κ2) is 6.78. The zero-order valence-electron chi connectivity index (χ0n) is 13.1. The van der Waals surface area contributed by atoms with Gasteiger partial charge in [0.05, 0.1) is 0 Å². The summed E-state index contributed by atoms with van der Waals surface area (Å²) in [6, 6.07) is -0.751. The zero-order valence-corrected chi connectivity index (χ0v) is 13.1. The van der Waals surface area contributed by atoms with Gasteiger partial charge in [-0.15, -0.1) is 0 Å². The Bertz CT molecular complexity index is 437. The van der Waals surface area contributed by atoms with Crippen LogP contribution in [0.5, 0.6) is 0 Å². The van der Waals surface area contributed by atoms with E-state index >= 15 is 0 Å². The van der Waals surface area contributed by atoms with Crippen molar-refractivity contribution in [1.82, 2.24) is 20.4 Å². The lowest BCUT2D eigenvalue weighted by Crippen LogP contribution is -2.64. The first kappa shape index (κ1) is 15.6. The zero-order chi connectivity index (χ0) is 15.4. The summed E-state index contributed by atoms with van der Waals surface area (Å²) >= 11 is 0. The molecule has 2 fully saturated rings. The molecule has 2 saturated heterocycles. The predicted molar refractivity (Wildman–Crippen MR) is 80.8 cm³/mol. The van der Waals surface area contributed by atoms with Gasteiger partial charge in [0.2, 0.25) is 0 Å². The molecule has 0 aromatic rings. The maximum atomic E-state index is 12.2. The van der Waals surface area contributed by atoms with Gasteiger partial charge in [-0.1, -0.05) is 26.7 Å². The van der Waals surface area contributed by atoms with Crippen LogP contribution in [0.15, 0.2) is 4.99 Å². The third kappa shape index (κ3) is 3.11. The van der Waals surface area contributed by atoms with Gasteiger partial charge in [0, 0.05) is 20.1 Å². The summed E-state index contributed by atoms with van der Waals surface area (Å²) in [6.07, 6.45) is 3.87. The van der Waals surface area contributed by atoms with Gasteiger partial charge >= 0.3 is 6.03 Å². The SMILES string of the molecule is CCCCCN1C(=NCCC)NC2C1C(=O)NC(=O)N2C. The average Bonchev–Trinajstić information content (AvgIpc) is 2.82. The molecule has 3 amide bonds. The number of imide groups is 1. The molecule has 21 heavy (non-hydrogen) atoms. The number of amides is 3. The number of aliphatic imine (C=N–C) groups is 1. The molecule has 0 bridgehead atoms. The van der Waals surface area contributed by atoms with Crippen molar-refractivity contribution in [1.29, 1.82) is 0 Å². The molecule has 2 N–H and O–H groups in total. The molecule has 7 nitrogen and oxygen atoms in total. The van der Waals surface area contributed by atoms with Crippen LogP contribution in [-0.4, -0.2) is 60.0 Å². The van der Waals surface area contributed by atoms with E-state index in [2.05, 4.69) is 29.5 Å². The van der Waals surface area contributed by atoms with Gasteiger partial charge < -0.3 is 15.1 Å². The van der Waals surface area contributed by atoms with E-state index in [0.29, 0.717) is 6.54 Å². The van der Waals surface area contributed by atoms with E-state index in [4.69, 9.17) is 0 Å². The second-order valence-corrected chi connectivity index (χ2v) is 5.55. The molecule has 2 aliphatic rings. The van der Waals surface area contributed by atoms with Gasteiger partial charge in [0.25, 0.3) is 5.91 Å². The number of nitrogens with one attached hydrogen (secondary N) is 2. The Labute approximate surface area is 125 Å². The van der Waals surface area contributed by atoms with Crippen molar-refractivity contribution in [3.8, 4) is 0 Å². The Hall–Kier alpha value is -1.79. The normalized spacial score (nSPS) is 26.9. The van der Waals surface area contributed by atoms with E-state index in [-0.39, 0.29) is 24.1 Å². The third-order valence-corrected chi connectivity index (χ3v) is 3.91. The molecule has 0 aliphatic carbocycles. The van der Waals surface area contributed by atoms with Crippen molar-refractivity contribution >= 4 is 17.9 Å². The lowest BCUT2D eigenvalue weighted by molar-refractivity contribution is -0.127. The number of likely N-dealkylation sites (N-methyl/N-ethyl adjacent to an activating group) is 1. The van der Waals surface area contributed by atoms with E-state index in [9.17, 15) is 9.59 Å². The van der Waals surface area contributed by atoms with Crippen molar-refractivity contribution in [3.63, 3.8) is 0 Å². The molecule has 0 saturated carbocycles. The molecule has 7 heteroatoms. The van der Waals surface area contributed by atoms with E-state index in [1.807, 2.05) is 4.90 Å².